The van der Waals surface area contributed by atoms with E-state index in [-0.39, 0.29) is 46.8 Å². The number of dihydropyridines is 1. The van der Waals surface area contributed by atoms with Crippen molar-refractivity contribution in [1.29, 1.82) is 0 Å². The van der Waals surface area contributed by atoms with E-state index >= 15 is 0 Å². The molecule has 1 aliphatic heterocycles. The van der Waals surface area contributed by atoms with Gasteiger partial charge in [0.15, 0.2) is 11.5 Å². The fraction of sp³-hybridized carbons (Fsp3) is 0.355. The Bertz CT molecular complexity index is 1680. The van der Waals surface area contributed by atoms with Crippen molar-refractivity contribution in [2.75, 3.05) is 65.4 Å². The van der Waals surface area contributed by atoms with E-state index in [0.29, 0.717) is 51.9 Å². The first-order valence-electron chi connectivity index (χ1n) is 13.9. The molecule has 0 aliphatic carbocycles. The molecule has 4 rings (SSSR count). The minimum atomic E-state index is -0.921. The number of likely N-dealkylation sites (N-methyl/N-ethyl adjacent to an activating group) is 1. The van der Waals surface area contributed by atoms with Crippen LogP contribution in [-0.4, -0.2) is 76.6 Å². The maximum atomic E-state index is 13.4. The average molecular weight is 661 g/mol. The minimum Gasteiger partial charge on any atom is -0.493 e. The topological polar surface area (TPSA) is 147 Å². The number of fused-ring (bicyclic) bond motifs is 1. The van der Waals surface area contributed by atoms with Crippen molar-refractivity contribution in [2.45, 2.75) is 19.8 Å². The number of benzene rings is 2. The number of hydrogen-bond donors (Lipinski definition) is 2. The van der Waals surface area contributed by atoms with Gasteiger partial charge in [-0.25, -0.2) is 14.6 Å². The van der Waals surface area contributed by atoms with E-state index < -0.39 is 17.9 Å². The van der Waals surface area contributed by atoms with Gasteiger partial charge in [0.25, 0.3) is 0 Å². The number of esters is 2. The summed E-state index contributed by atoms with van der Waals surface area (Å²) in [5.74, 6) is -0.481. The second kappa shape index (κ2) is 14.7. The molecule has 0 saturated heterocycles. The van der Waals surface area contributed by atoms with Gasteiger partial charge in [-0.3, -0.25) is 0 Å². The number of nitrogen functional groups attached to an aromatic ring is 1. The quantitative estimate of drug-likeness (QED) is 0.206. The highest BCUT2D eigenvalue weighted by Gasteiger charge is 2.40. The van der Waals surface area contributed by atoms with E-state index in [2.05, 4.69) is 15.3 Å². The number of carbonyl (C=O) groups is 2. The highest BCUT2D eigenvalue weighted by molar-refractivity contribution is 6.42. The predicted molar refractivity (Wildman–Crippen MR) is 172 cm³/mol. The molecule has 2 aromatic carbocycles. The standard InChI is InChI=1S/C31H35Cl2N5O7/c1-7-45-30(40)26-21(35-16(2)24(29(39)43-6)25(26)17-9-8-10-19(32)27(17)33)15-44-12-11-38(3)31-36-20-14-23(42-5)22(41-4)13-18(20)28(34)37-31/h8-10,13-14,25,35H,7,11-12,15H2,1-6H3,(H2,34,36,37). The van der Waals surface area contributed by atoms with Crippen LogP contribution in [-0.2, 0) is 23.8 Å². The van der Waals surface area contributed by atoms with E-state index in [1.165, 1.54) is 7.11 Å². The van der Waals surface area contributed by atoms with Gasteiger partial charge in [-0.15, -0.1) is 0 Å². The first-order valence-corrected chi connectivity index (χ1v) is 14.7. The number of carbonyl (C=O) groups excluding carboxylic acids is 2. The molecule has 0 bridgehead atoms. The summed E-state index contributed by atoms with van der Waals surface area (Å²) >= 11 is 12.9. The molecule has 1 unspecified atom stereocenters. The van der Waals surface area contributed by atoms with Gasteiger partial charge in [0.1, 0.15) is 5.82 Å². The Hall–Kier alpha value is -4.26. The number of rotatable bonds is 12. The molecule has 2 heterocycles. The summed E-state index contributed by atoms with van der Waals surface area (Å²) in [4.78, 5) is 37.3. The molecule has 14 heteroatoms. The fourth-order valence-corrected chi connectivity index (χ4v) is 5.43. The number of nitrogens with one attached hydrogen (secondary N) is 1. The van der Waals surface area contributed by atoms with Crippen molar-refractivity contribution in [3.63, 3.8) is 0 Å². The third-order valence-corrected chi connectivity index (χ3v) is 8.05. The maximum Gasteiger partial charge on any atom is 0.336 e. The Morgan fingerprint density at radius 2 is 1.76 bits per heavy atom. The molecule has 1 aromatic heterocycles. The highest BCUT2D eigenvalue weighted by atomic mass is 35.5. The first kappa shape index (κ1) is 33.6. The number of hydrogen-bond acceptors (Lipinski definition) is 12. The van der Waals surface area contributed by atoms with Crippen molar-refractivity contribution in [3.8, 4) is 11.5 Å². The molecule has 12 nitrogen and oxygen atoms in total. The summed E-state index contributed by atoms with van der Waals surface area (Å²) in [7, 11) is 6.16. The van der Waals surface area contributed by atoms with Crippen LogP contribution in [0.25, 0.3) is 10.9 Å². The van der Waals surface area contributed by atoms with Gasteiger partial charge in [-0.2, -0.15) is 4.98 Å². The molecular formula is C31H35Cl2N5O7. The van der Waals surface area contributed by atoms with E-state index in [4.69, 9.17) is 52.6 Å². The van der Waals surface area contributed by atoms with Gasteiger partial charge in [-0.1, -0.05) is 35.3 Å². The van der Waals surface area contributed by atoms with E-state index in [0.717, 1.165) is 0 Å². The summed E-state index contributed by atoms with van der Waals surface area (Å²) in [6, 6.07) is 8.48. The number of nitrogens with two attached hydrogens (primary N) is 1. The van der Waals surface area contributed by atoms with Crippen LogP contribution in [0.15, 0.2) is 52.9 Å². The Morgan fingerprint density at radius 3 is 2.42 bits per heavy atom. The van der Waals surface area contributed by atoms with Crippen molar-refractivity contribution in [1.82, 2.24) is 15.3 Å². The molecule has 45 heavy (non-hydrogen) atoms. The van der Waals surface area contributed by atoms with Gasteiger partial charge in [-0.05, 0) is 31.5 Å². The summed E-state index contributed by atoms with van der Waals surface area (Å²) in [5, 5.41) is 4.26. The normalized spacial score (nSPS) is 14.7. The molecule has 0 saturated carbocycles. The van der Waals surface area contributed by atoms with Crippen LogP contribution in [0.2, 0.25) is 10.0 Å². The Balaban J connectivity index is 1.60. The number of methoxy groups -OCH3 is 3. The van der Waals surface area contributed by atoms with Crippen molar-refractivity contribution in [2.24, 2.45) is 0 Å². The number of anilines is 2. The number of allylic oxidation sites excluding steroid dienone is 1. The van der Waals surface area contributed by atoms with Gasteiger partial charge < -0.3 is 39.6 Å². The third-order valence-electron chi connectivity index (χ3n) is 7.22. The molecule has 3 aromatic rings. The lowest BCUT2D eigenvalue weighted by Gasteiger charge is -2.32. The smallest absolute Gasteiger partial charge is 0.336 e. The largest absolute Gasteiger partial charge is 0.493 e. The number of halogens is 2. The van der Waals surface area contributed by atoms with Crippen LogP contribution in [0.4, 0.5) is 11.8 Å². The molecule has 0 amide bonds. The lowest BCUT2D eigenvalue weighted by atomic mass is 9.80. The molecular weight excluding hydrogens is 625 g/mol. The first-order chi connectivity index (χ1) is 21.6. The zero-order valence-electron chi connectivity index (χ0n) is 25.8. The molecule has 240 valence electrons. The Labute approximate surface area is 271 Å². The predicted octanol–water partition coefficient (Wildman–Crippen LogP) is 4.64. The summed E-state index contributed by atoms with van der Waals surface area (Å²) in [5.41, 5.74) is 8.54. The molecule has 0 spiro atoms. The van der Waals surface area contributed by atoms with Gasteiger partial charge in [0, 0.05) is 30.7 Å². The zero-order valence-corrected chi connectivity index (χ0v) is 27.3. The van der Waals surface area contributed by atoms with E-state index in [1.807, 2.05) is 0 Å². The van der Waals surface area contributed by atoms with Crippen molar-refractivity contribution in [3.05, 3.63) is 68.5 Å². The highest BCUT2D eigenvalue weighted by Crippen LogP contribution is 2.43. The lowest BCUT2D eigenvalue weighted by molar-refractivity contribution is -0.139. The summed E-state index contributed by atoms with van der Waals surface area (Å²) in [6.07, 6.45) is 0. The SMILES string of the molecule is CCOC(=O)C1=C(COCCN(C)c2nc(N)c3cc(OC)c(OC)cc3n2)NC(C)=C(C(=O)OC)C1c1cccc(Cl)c1Cl. The van der Waals surface area contributed by atoms with Crippen LogP contribution in [0.5, 0.6) is 11.5 Å². The van der Waals surface area contributed by atoms with Crippen LogP contribution in [0, 0.1) is 0 Å². The fourth-order valence-electron chi connectivity index (χ4n) is 5.01. The summed E-state index contributed by atoms with van der Waals surface area (Å²) in [6.45, 7) is 4.10. The molecule has 1 atom stereocenters. The second-order valence-electron chi connectivity index (χ2n) is 9.95. The maximum absolute atomic E-state index is 13.4. The molecule has 1 aliphatic rings. The van der Waals surface area contributed by atoms with Gasteiger partial charge >= 0.3 is 11.9 Å². The second-order valence-corrected chi connectivity index (χ2v) is 10.7. The van der Waals surface area contributed by atoms with Crippen LogP contribution in [0.1, 0.15) is 25.3 Å². The van der Waals surface area contributed by atoms with Gasteiger partial charge in [0.2, 0.25) is 5.95 Å². The molecule has 0 radical (unpaired) electrons. The van der Waals surface area contributed by atoms with Crippen molar-refractivity contribution >= 4 is 57.8 Å². The van der Waals surface area contributed by atoms with Gasteiger partial charge in [0.05, 0.1) is 79.5 Å². The minimum absolute atomic E-state index is 0.0137. The average Bonchev–Trinajstić information content (AvgIpc) is 3.02. The molecule has 3 N–H and O–H groups in total. The summed E-state index contributed by atoms with van der Waals surface area (Å²) < 4.78 is 27.3. The van der Waals surface area contributed by atoms with Crippen LogP contribution < -0.4 is 25.4 Å². The lowest BCUT2D eigenvalue weighted by Crippen LogP contribution is -2.35. The number of ether oxygens (including phenoxy) is 5. The van der Waals surface area contributed by atoms with Crippen molar-refractivity contribution < 1.29 is 33.3 Å². The molecule has 0 fully saturated rings. The van der Waals surface area contributed by atoms with Crippen LogP contribution >= 0.6 is 23.2 Å². The third kappa shape index (κ3) is 7.03. The Kier molecular flexibility index (Phi) is 11.0. The number of aromatic nitrogens is 2. The number of nitrogens with zero attached hydrogens (tertiary/aromatic N) is 3. The monoisotopic (exact) mass is 659 g/mol. The zero-order chi connectivity index (χ0) is 32.8. The van der Waals surface area contributed by atoms with E-state index in [1.54, 1.807) is 70.3 Å². The Morgan fingerprint density at radius 1 is 1.04 bits per heavy atom. The van der Waals surface area contributed by atoms with Crippen LogP contribution in [0.3, 0.4) is 0 Å². The van der Waals surface area contributed by atoms with E-state index in [9.17, 15) is 9.59 Å².